The van der Waals surface area contributed by atoms with Crippen molar-refractivity contribution in [1.82, 2.24) is 0 Å². The first-order valence-corrected chi connectivity index (χ1v) is 7.16. The molecule has 0 radical (unpaired) electrons. The molecule has 0 aliphatic heterocycles. The van der Waals surface area contributed by atoms with Crippen molar-refractivity contribution in [3.8, 4) is 11.5 Å². The Bertz CT molecular complexity index is 438. The van der Waals surface area contributed by atoms with Crippen molar-refractivity contribution in [3.05, 3.63) is 36.4 Å². The van der Waals surface area contributed by atoms with Gasteiger partial charge in [-0.1, -0.05) is 6.08 Å². The van der Waals surface area contributed by atoms with E-state index >= 15 is 0 Å². The Kier molecular flexibility index (Phi) is 7.48. The Hall–Kier alpha value is -1.77. The molecule has 20 heavy (non-hydrogen) atoms. The van der Waals surface area contributed by atoms with Crippen molar-refractivity contribution in [2.75, 3.05) is 13.2 Å². The van der Waals surface area contributed by atoms with Crippen LogP contribution >= 0.6 is 0 Å². The van der Waals surface area contributed by atoms with Gasteiger partial charge in [-0.2, -0.15) is 0 Å². The molecule has 1 aromatic carbocycles. The van der Waals surface area contributed by atoms with Gasteiger partial charge in [-0.25, -0.2) is 0 Å². The Labute approximate surface area is 121 Å². The second-order valence-electron chi connectivity index (χ2n) is 4.70. The zero-order valence-electron chi connectivity index (χ0n) is 12.5. The minimum absolute atomic E-state index is 0.235. The van der Waals surface area contributed by atoms with Crippen LogP contribution in [0.1, 0.15) is 38.7 Å². The van der Waals surface area contributed by atoms with Gasteiger partial charge in [0, 0.05) is 12.0 Å². The van der Waals surface area contributed by atoms with Crippen molar-refractivity contribution >= 4 is 5.78 Å². The molecule has 0 bridgehead atoms. The lowest BCUT2D eigenvalue weighted by molar-refractivity contribution is -0.117. The summed E-state index contributed by atoms with van der Waals surface area (Å²) in [4.78, 5) is 10.8. The van der Waals surface area contributed by atoms with Gasteiger partial charge >= 0.3 is 0 Å². The maximum atomic E-state index is 10.8. The number of benzene rings is 1. The van der Waals surface area contributed by atoms with E-state index in [4.69, 9.17) is 9.47 Å². The van der Waals surface area contributed by atoms with Crippen molar-refractivity contribution in [2.45, 2.75) is 39.5 Å². The van der Waals surface area contributed by atoms with Crippen LogP contribution in [0.2, 0.25) is 0 Å². The van der Waals surface area contributed by atoms with Gasteiger partial charge in [-0.3, -0.25) is 0 Å². The van der Waals surface area contributed by atoms with Crippen LogP contribution in [0.4, 0.5) is 0 Å². The van der Waals surface area contributed by atoms with Gasteiger partial charge in [0.2, 0.25) is 0 Å². The summed E-state index contributed by atoms with van der Waals surface area (Å²) in [6.45, 7) is 8.64. The van der Waals surface area contributed by atoms with Crippen LogP contribution in [0, 0.1) is 0 Å². The number of allylic oxidation sites excluding steroid dienone is 1. The fourth-order valence-electron chi connectivity index (χ4n) is 1.93. The fourth-order valence-corrected chi connectivity index (χ4v) is 1.93. The number of ether oxygens (including phenoxy) is 2. The molecule has 0 aromatic heterocycles. The molecule has 0 aliphatic carbocycles. The van der Waals surface area contributed by atoms with E-state index in [0.29, 0.717) is 19.6 Å². The van der Waals surface area contributed by atoms with Crippen LogP contribution in [0.15, 0.2) is 30.9 Å². The molecule has 1 aromatic rings. The third-order valence-corrected chi connectivity index (χ3v) is 2.89. The number of carbonyl (C=O) groups is 1. The largest absolute Gasteiger partial charge is 0.494 e. The van der Waals surface area contributed by atoms with Crippen LogP contribution in [0.5, 0.6) is 11.5 Å². The van der Waals surface area contributed by atoms with Gasteiger partial charge in [0.15, 0.2) is 0 Å². The van der Waals surface area contributed by atoms with E-state index in [1.807, 2.05) is 31.2 Å². The van der Waals surface area contributed by atoms with Crippen molar-refractivity contribution in [1.29, 1.82) is 0 Å². The highest BCUT2D eigenvalue weighted by atomic mass is 16.5. The average Bonchev–Trinajstić information content (AvgIpc) is 2.41. The number of hydrogen-bond acceptors (Lipinski definition) is 3. The maximum Gasteiger partial charge on any atom is 0.129 e. The van der Waals surface area contributed by atoms with E-state index in [1.54, 1.807) is 6.92 Å². The summed E-state index contributed by atoms with van der Waals surface area (Å²) in [6.07, 6.45) is 5.01. The van der Waals surface area contributed by atoms with E-state index < -0.39 is 0 Å². The lowest BCUT2D eigenvalue weighted by Gasteiger charge is -2.12. The third-order valence-electron chi connectivity index (χ3n) is 2.89. The molecule has 1 rings (SSSR count). The summed E-state index contributed by atoms with van der Waals surface area (Å²) < 4.78 is 11.3. The minimum Gasteiger partial charge on any atom is -0.494 e. The first-order chi connectivity index (χ1) is 9.67. The maximum absolute atomic E-state index is 10.8. The molecule has 0 heterocycles. The summed E-state index contributed by atoms with van der Waals surface area (Å²) in [5.41, 5.74) is 1.08. The predicted octanol–water partition coefficient (Wildman–Crippen LogP) is 3.95. The topological polar surface area (TPSA) is 35.5 Å². The van der Waals surface area contributed by atoms with Crippen LogP contribution in [-0.2, 0) is 11.2 Å². The van der Waals surface area contributed by atoms with Crippen molar-refractivity contribution < 1.29 is 14.3 Å². The fraction of sp³-hybridized carbons (Fsp3) is 0.471. The molecule has 0 aliphatic rings. The molecule has 0 unspecified atom stereocenters. The minimum atomic E-state index is 0.235. The Morgan fingerprint density at radius 3 is 2.75 bits per heavy atom. The standard InChI is InChI=1S/C17H24O3/c1-4-8-15-13-16(19-5-2)10-11-17(15)20-12-7-6-9-14(3)18/h4,10-11,13H,1,5-9,12H2,2-3H3. The van der Waals surface area contributed by atoms with Crippen LogP contribution in [-0.4, -0.2) is 19.0 Å². The summed E-state index contributed by atoms with van der Waals surface area (Å²) in [5, 5.41) is 0. The molecule has 0 spiro atoms. The smallest absolute Gasteiger partial charge is 0.129 e. The number of hydrogen-bond donors (Lipinski definition) is 0. The molecular weight excluding hydrogens is 252 g/mol. The second-order valence-corrected chi connectivity index (χ2v) is 4.70. The lowest BCUT2D eigenvalue weighted by Crippen LogP contribution is -2.02. The average molecular weight is 276 g/mol. The summed E-state index contributed by atoms with van der Waals surface area (Å²) in [6, 6.07) is 5.85. The van der Waals surface area contributed by atoms with Crippen molar-refractivity contribution in [2.24, 2.45) is 0 Å². The van der Waals surface area contributed by atoms with Gasteiger partial charge in [-0.15, -0.1) is 6.58 Å². The molecular formula is C17H24O3. The zero-order chi connectivity index (χ0) is 14.8. The third kappa shape index (κ3) is 5.91. The van der Waals surface area contributed by atoms with Crippen LogP contribution in [0.3, 0.4) is 0 Å². The summed E-state index contributed by atoms with van der Waals surface area (Å²) in [7, 11) is 0. The predicted molar refractivity (Wildman–Crippen MR) is 81.5 cm³/mol. The van der Waals surface area contributed by atoms with E-state index in [2.05, 4.69) is 6.58 Å². The van der Waals surface area contributed by atoms with Gasteiger partial charge in [0.1, 0.15) is 17.3 Å². The molecule has 0 saturated heterocycles. The number of Topliss-reactive ketones (excluding diaryl/α,β-unsaturated/α-hetero) is 1. The normalized spacial score (nSPS) is 10.1. The Morgan fingerprint density at radius 1 is 1.30 bits per heavy atom. The van der Waals surface area contributed by atoms with E-state index in [0.717, 1.165) is 36.3 Å². The van der Waals surface area contributed by atoms with Crippen LogP contribution in [0.25, 0.3) is 0 Å². The number of unbranched alkanes of at least 4 members (excludes halogenated alkanes) is 1. The molecule has 0 saturated carbocycles. The molecule has 0 atom stereocenters. The monoisotopic (exact) mass is 276 g/mol. The highest BCUT2D eigenvalue weighted by Crippen LogP contribution is 2.25. The Balaban J connectivity index is 2.54. The van der Waals surface area contributed by atoms with E-state index in [1.165, 1.54) is 0 Å². The summed E-state index contributed by atoms with van der Waals surface area (Å²) >= 11 is 0. The molecule has 3 heteroatoms. The van der Waals surface area contributed by atoms with Crippen LogP contribution < -0.4 is 9.47 Å². The number of rotatable bonds is 10. The molecule has 110 valence electrons. The molecule has 0 N–H and O–H groups in total. The summed E-state index contributed by atoms with van der Waals surface area (Å²) in [5.74, 6) is 1.96. The van der Waals surface area contributed by atoms with Gasteiger partial charge in [-0.05, 0) is 51.3 Å². The quantitative estimate of drug-likeness (QED) is 0.479. The van der Waals surface area contributed by atoms with Gasteiger partial charge < -0.3 is 14.3 Å². The Morgan fingerprint density at radius 2 is 2.10 bits per heavy atom. The molecule has 0 amide bonds. The van der Waals surface area contributed by atoms with E-state index in [9.17, 15) is 4.79 Å². The highest BCUT2D eigenvalue weighted by Gasteiger charge is 2.05. The lowest BCUT2D eigenvalue weighted by atomic mass is 10.1. The molecule has 0 fully saturated rings. The first-order valence-electron chi connectivity index (χ1n) is 7.16. The number of ketones is 1. The van der Waals surface area contributed by atoms with Gasteiger partial charge in [0.05, 0.1) is 13.2 Å². The highest BCUT2D eigenvalue weighted by molar-refractivity contribution is 5.75. The second kappa shape index (κ2) is 9.18. The first kappa shape index (κ1) is 16.3. The van der Waals surface area contributed by atoms with E-state index in [-0.39, 0.29) is 5.78 Å². The molecule has 3 nitrogen and oxygen atoms in total. The van der Waals surface area contributed by atoms with Crippen molar-refractivity contribution in [3.63, 3.8) is 0 Å². The van der Waals surface area contributed by atoms with Gasteiger partial charge in [0.25, 0.3) is 0 Å². The zero-order valence-corrected chi connectivity index (χ0v) is 12.5. The number of carbonyl (C=O) groups excluding carboxylic acids is 1. The SMILES string of the molecule is C=CCc1cc(OCC)ccc1OCCCCC(C)=O.